The Hall–Kier alpha value is -4.05. The second kappa shape index (κ2) is 12.7. The van der Waals surface area contributed by atoms with Crippen LogP contribution in [-0.4, -0.2) is 85.2 Å². The van der Waals surface area contributed by atoms with Crippen molar-refractivity contribution in [2.24, 2.45) is 0 Å². The van der Waals surface area contributed by atoms with Gasteiger partial charge >= 0.3 is 18.0 Å². The quantitative estimate of drug-likeness (QED) is 0.500. The molecule has 0 unspecified atom stereocenters. The van der Waals surface area contributed by atoms with E-state index in [1.54, 1.807) is 14.0 Å². The van der Waals surface area contributed by atoms with E-state index in [1.807, 2.05) is 73.3 Å². The van der Waals surface area contributed by atoms with Gasteiger partial charge in [-0.05, 0) is 50.6 Å². The van der Waals surface area contributed by atoms with Gasteiger partial charge < -0.3 is 25.0 Å². The van der Waals surface area contributed by atoms with Gasteiger partial charge in [-0.1, -0.05) is 30.3 Å². The molecule has 10 nitrogen and oxygen atoms in total. The van der Waals surface area contributed by atoms with Crippen LogP contribution in [0.15, 0.2) is 65.9 Å². The second-order valence-electron chi connectivity index (χ2n) is 9.62. The molecular formula is C29H37N5O5. The van der Waals surface area contributed by atoms with Crippen LogP contribution >= 0.6 is 0 Å². The summed E-state index contributed by atoms with van der Waals surface area (Å²) in [5, 5.41) is 5.83. The van der Waals surface area contributed by atoms with Crippen molar-refractivity contribution in [1.82, 2.24) is 25.3 Å². The number of carbonyl (C=O) groups is 3. The number of urea groups is 2. The Bertz CT molecular complexity index is 1220. The van der Waals surface area contributed by atoms with Gasteiger partial charge in [-0.25, -0.2) is 14.4 Å². The van der Waals surface area contributed by atoms with Crippen molar-refractivity contribution in [1.29, 1.82) is 0 Å². The third kappa shape index (κ3) is 6.51. The van der Waals surface area contributed by atoms with Crippen molar-refractivity contribution in [2.75, 3.05) is 46.4 Å². The predicted octanol–water partition coefficient (Wildman–Crippen LogP) is 3.73. The average molecular weight is 536 g/mol. The maximum Gasteiger partial charge on any atom is 0.338 e. The predicted molar refractivity (Wildman–Crippen MR) is 147 cm³/mol. The van der Waals surface area contributed by atoms with E-state index < -0.39 is 12.0 Å². The molecule has 0 aliphatic carbocycles. The zero-order chi connectivity index (χ0) is 27.9. The van der Waals surface area contributed by atoms with Gasteiger partial charge in [0, 0.05) is 51.5 Å². The Kier molecular flexibility index (Phi) is 9.08. The summed E-state index contributed by atoms with van der Waals surface area (Å²) in [6, 6.07) is 15.6. The van der Waals surface area contributed by atoms with E-state index in [-0.39, 0.29) is 24.7 Å². The summed E-state index contributed by atoms with van der Waals surface area (Å²) in [5.74, 6) is 0.796. The van der Waals surface area contributed by atoms with Crippen molar-refractivity contribution in [3.8, 4) is 11.5 Å². The number of piperazine rings is 1. The first kappa shape index (κ1) is 28.0. The summed E-state index contributed by atoms with van der Waals surface area (Å²) in [5.41, 5.74) is 1.67. The minimum absolute atomic E-state index is 0.0257. The lowest BCUT2D eigenvalue weighted by molar-refractivity contribution is -0.139. The van der Waals surface area contributed by atoms with E-state index in [1.165, 1.54) is 4.90 Å². The van der Waals surface area contributed by atoms with Gasteiger partial charge in [0.2, 0.25) is 0 Å². The number of hydrogen-bond acceptors (Lipinski definition) is 6. The Morgan fingerprint density at radius 2 is 1.79 bits per heavy atom. The van der Waals surface area contributed by atoms with Gasteiger partial charge in [0.25, 0.3) is 0 Å². The molecule has 0 bridgehead atoms. The van der Waals surface area contributed by atoms with E-state index in [0.29, 0.717) is 61.1 Å². The lowest BCUT2D eigenvalue weighted by Gasteiger charge is -2.42. The van der Waals surface area contributed by atoms with Crippen molar-refractivity contribution in [2.45, 2.75) is 32.9 Å². The number of esters is 1. The molecule has 39 heavy (non-hydrogen) atoms. The van der Waals surface area contributed by atoms with Crippen LogP contribution in [-0.2, 0) is 9.53 Å². The third-order valence-electron chi connectivity index (χ3n) is 6.92. The van der Waals surface area contributed by atoms with Gasteiger partial charge in [-0.15, -0.1) is 0 Å². The summed E-state index contributed by atoms with van der Waals surface area (Å²) in [7, 11) is 1.66. The summed E-state index contributed by atoms with van der Waals surface area (Å²) in [4.78, 5) is 44.4. The van der Waals surface area contributed by atoms with Gasteiger partial charge in [0.15, 0.2) is 0 Å². The fourth-order valence-corrected chi connectivity index (χ4v) is 4.97. The van der Waals surface area contributed by atoms with Crippen LogP contribution in [0, 0.1) is 0 Å². The van der Waals surface area contributed by atoms with Crippen LogP contribution in [0.2, 0.25) is 0 Å². The van der Waals surface area contributed by atoms with Crippen molar-refractivity contribution in [3.05, 3.63) is 71.4 Å². The summed E-state index contributed by atoms with van der Waals surface area (Å²) in [6.07, 6.45) is 0. The lowest BCUT2D eigenvalue weighted by atomic mass is 9.94. The molecule has 1 fully saturated rings. The lowest BCUT2D eigenvalue weighted by Crippen LogP contribution is -2.57. The first-order chi connectivity index (χ1) is 18.8. The number of nitrogens with zero attached hydrogens (tertiary/aromatic N) is 3. The highest BCUT2D eigenvalue weighted by Crippen LogP contribution is 2.34. The molecule has 0 spiro atoms. The van der Waals surface area contributed by atoms with Gasteiger partial charge in [0.1, 0.15) is 11.5 Å². The van der Waals surface area contributed by atoms with Crippen LogP contribution in [0.4, 0.5) is 9.59 Å². The molecular weight excluding hydrogens is 498 g/mol. The SMILES string of the molecule is CCNC(=O)N1CCN(CC2=C(C(=O)OCC)[C@H](c3cccc(Oc4ccccc4)c3)NC(=O)N2C)C[C@H]1C. The number of hydrogen-bond donors (Lipinski definition) is 2. The fourth-order valence-electron chi connectivity index (χ4n) is 4.97. The van der Waals surface area contributed by atoms with Crippen LogP contribution in [0.1, 0.15) is 32.4 Å². The first-order valence-electron chi connectivity index (χ1n) is 13.4. The zero-order valence-electron chi connectivity index (χ0n) is 23.0. The number of likely N-dealkylation sites (N-methyl/N-ethyl adjacent to an activating group) is 1. The average Bonchev–Trinajstić information content (AvgIpc) is 2.92. The van der Waals surface area contributed by atoms with E-state index in [4.69, 9.17) is 9.47 Å². The van der Waals surface area contributed by atoms with Crippen LogP contribution in [0.3, 0.4) is 0 Å². The normalized spacial score (nSPS) is 19.9. The van der Waals surface area contributed by atoms with Crippen molar-refractivity contribution in [3.63, 3.8) is 0 Å². The number of carbonyl (C=O) groups excluding carboxylic acids is 3. The number of benzene rings is 2. The number of nitrogens with one attached hydrogen (secondary N) is 2. The molecule has 1 saturated heterocycles. The number of amides is 4. The summed E-state index contributed by atoms with van der Waals surface area (Å²) >= 11 is 0. The molecule has 0 aromatic heterocycles. The van der Waals surface area contributed by atoms with Gasteiger partial charge in [0.05, 0.1) is 18.2 Å². The van der Waals surface area contributed by atoms with E-state index in [2.05, 4.69) is 15.5 Å². The molecule has 2 aliphatic rings. The molecule has 0 saturated carbocycles. The Morgan fingerprint density at radius 1 is 1.05 bits per heavy atom. The summed E-state index contributed by atoms with van der Waals surface area (Å²) in [6.45, 7) is 8.57. The third-order valence-corrected chi connectivity index (χ3v) is 6.92. The Labute approximate surface area is 229 Å². The monoisotopic (exact) mass is 535 g/mol. The number of rotatable bonds is 8. The number of para-hydroxylation sites is 1. The molecule has 4 rings (SSSR count). The topological polar surface area (TPSA) is 103 Å². The highest BCUT2D eigenvalue weighted by atomic mass is 16.5. The molecule has 2 aromatic rings. The minimum atomic E-state index is -0.712. The molecule has 208 valence electrons. The second-order valence-corrected chi connectivity index (χ2v) is 9.62. The molecule has 2 aliphatic heterocycles. The molecule has 2 aromatic carbocycles. The summed E-state index contributed by atoms with van der Waals surface area (Å²) < 4.78 is 11.5. The molecule has 4 amide bonds. The zero-order valence-corrected chi connectivity index (χ0v) is 23.0. The van der Waals surface area contributed by atoms with Crippen LogP contribution in [0.5, 0.6) is 11.5 Å². The van der Waals surface area contributed by atoms with Gasteiger partial charge in [-0.3, -0.25) is 9.80 Å². The van der Waals surface area contributed by atoms with Crippen molar-refractivity contribution >= 4 is 18.0 Å². The highest BCUT2D eigenvalue weighted by Gasteiger charge is 2.38. The van der Waals surface area contributed by atoms with E-state index in [0.717, 1.165) is 0 Å². The Balaban J connectivity index is 1.64. The maximum absolute atomic E-state index is 13.4. The molecule has 2 N–H and O–H groups in total. The fraction of sp³-hybridized carbons (Fsp3) is 0.414. The van der Waals surface area contributed by atoms with Crippen LogP contribution < -0.4 is 15.4 Å². The largest absolute Gasteiger partial charge is 0.463 e. The molecule has 10 heteroatoms. The van der Waals surface area contributed by atoms with Gasteiger partial charge in [-0.2, -0.15) is 0 Å². The standard InChI is InChI=1S/C29H37N5O5/c1-5-30-28(36)34-16-15-33(18-20(34)3)19-24-25(27(35)38-6-2)26(31-29(37)32(24)4)21-11-10-14-23(17-21)39-22-12-8-7-9-13-22/h7-14,17,20,26H,5-6,15-16,18-19H2,1-4H3,(H,30,36)(H,31,37)/t20-,26+/m1/s1. The van der Waals surface area contributed by atoms with Crippen LogP contribution in [0.25, 0.3) is 0 Å². The van der Waals surface area contributed by atoms with Crippen molar-refractivity contribution < 1.29 is 23.9 Å². The Morgan fingerprint density at radius 3 is 2.49 bits per heavy atom. The van der Waals surface area contributed by atoms with E-state index >= 15 is 0 Å². The number of ether oxygens (including phenoxy) is 2. The maximum atomic E-state index is 13.4. The smallest absolute Gasteiger partial charge is 0.338 e. The minimum Gasteiger partial charge on any atom is -0.463 e. The van der Waals surface area contributed by atoms with E-state index in [9.17, 15) is 14.4 Å². The molecule has 2 atom stereocenters. The first-order valence-corrected chi connectivity index (χ1v) is 13.4. The molecule has 2 heterocycles. The highest BCUT2D eigenvalue weighted by molar-refractivity contribution is 5.95. The molecule has 0 radical (unpaired) electrons.